The van der Waals surface area contributed by atoms with E-state index in [1.807, 2.05) is 0 Å². The van der Waals surface area contributed by atoms with Crippen molar-refractivity contribution in [2.24, 2.45) is 0 Å². The Bertz CT molecular complexity index is 838. The van der Waals surface area contributed by atoms with Crippen LogP contribution in [0.4, 0.5) is 14.9 Å². The molecule has 0 spiro atoms. The van der Waals surface area contributed by atoms with E-state index in [2.05, 4.69) is 5.32 Å². The number of benzene rings is 2. The van der Waals surface area contributed by atoms with Crippen molar-refractivity contribution in [2.75, 3.05) is 17.6 Å². The predicted molar refractivity (Wildman–Crippen MR) is 93.6 cm³/mol. The van der Waals surface area contributed by atoms with Gasteiger partial charge in [-0.05, 0) is 49.2 Å². The van der Waals surface area contributed by atoms with Crippen LogP contribution in [0.25, 0.3) is 0 Å². The van der Waals surface area contributed by atoms with Crippen LogP contribution in [0.15, 0.2) is 59.5 Å². The van der Waals surface area contributed by atoms with Crippen LogP contribution in [-0.2, 0) is 9.84 Å². The Kier molecular flexibility index (Phi) is 5.03. The molecule has 3 rings (SSSR count). The van der Waals surface area contributed by atoms with Gasteiger partial charge in [-0.25, -0.2) is 17.6 Å². The molecule has 1 heterocycles. The molecule has 1 N–H and O–H groups in total. The summed E-state index contributed by atoms with van der Waals surface area (Å²) in [6.07, 6.45) is 1.40. The number of nitrogens with zero attached hydrogens (tertiary/aromatic N) is 1. The molecule has 1 aliphatic heterocycles. The highest BCUT2D eigenvalue weighted by Crippen LogP contribution is 2.23. The van der Waals surface area contributed by atoms with E-state index in [0.29, 0.717) is 18.7 Å². The molecule has 0 saturated carbocycles. The van der Waals surface area contributed by atoms with Gasteiger partial charge in [-0.15, -0.1) is 0 Å². The second-order valence-electron chi connectivity index (χ2n) is 6.02. The number of nitrogens with one attached hydrogen (secondary N) is 1. The molecule has 1 saturated heterocycles. The van der Waals surface area contributed by atoms with Gasteiger partial charge >= 0.3 is 6.03 Å². The van der Waals surface area contributed by atoms with Crippen LogP contribution in [-0.4, -0.2) is 37.7 Å². The molecule has 0 bridgehead atoms. The van der Waals surface area contributed by atoms with E-state index in [9.17, 15) is 17.6 Å². The van der Waals surface area contributed by atoms with E-state index in [0.717, 1.165) is 6.42 Å². The molecule has 7 heteroatoms. The van der Waals surface area contributed by atoms with Crippen LogP contribution in [0.3, 0.4) is 0 Å². The first-order valence-corrected chi connectivity index (χ1v) is 9.72. The van der Waals surface area contributed by atoms with E-state index in [4.69, 9.17) is 0 Å². The number of amides is 2. The summed E-state index contributed by atoms with van der Waals surface area (Å²) in [6.45, 7) is 0.502. The van der Waals surface area contributed by atoms with Crippen molar-refractivity contribution in [2.45, 2.75) is 23.8 Å². The third-order valence-electron chi connectivity index (χ3n) is 4.25. The number of sulfone groups is 1. The van der Waals surface area contributed by atoms with Gasteiger partial charge in [0.05, 0.1) is 10.6 Å². The lowest BCUT2D eigenvalue weighted by molar-refractivity contribution is 0.210. The topological polar surface area (TPSA) is 66.5 Å². The van der Waals surface area contributed by atoms with Crippen LogP contribution in [0.1, 0.15) is 12.8 Å². The monoisotopic (exact) mass is 362 g/mol. The molecule has 0 aliphatic carbocycles. The summed E-state index contributed by atoms with van der Waals surface area (Å²) in [6, 6.07) is 13.0. The molecule has 2 aromatic rings. The number of carbonyl (C=O) groups is 1. The number of likely N-dealkylation sites (tertiary alicyclic amines) is 1. The fourth-order valence-corrected chi connectivity index (χ4v) is 4.60. The third-order valence-corrected chi connectivity index (χ3v) is 6.06. The standard InChI is InChI=1S/C18H19FN2O3S/c19-14-8-10-15(11-9-14)20-18(22)21-12-4-5-16(21)13-25(23,24)17-6-2-1-3-7-17/h1-3,6-11,16H,4-5,12-13H2,(H,20,22). The number of carbonyl (C=O) groups excluding carboxylic acids is 1. The molecule has 132 valence electrons. The first kappa shape index (κ1) is 17.4. The van der Waals surface area contributed by atoms with Gasteiger partial charge in [-0.2, -0.15) is 0 Å². The number of hydrogen-bond acceptors (Lipinski definition) is 3. The van der Waals surface area contributed by atoms with Gasteiger partial charge in [0, 0.05) is 18.3 Å². The van der Waals surface area contributed by atoms with Gasteiger partial charge in [-0.3, -0.25) is 0 Å². The molecule has 0 aromatic heterocycles. The summed E-state index contributed by atoms with van der Waals surface area (Å²) in [4.78, 5) is 14.3. The number of halogens is 1. The fraction of sp³-hybridized carbons (Fsp3) is 0.278. The third kappa shape index (κ3) is 4.17. The summed E-state index contributed by atoms with van der Waals surface area (Å²) >= 11 is 0. The van der Waals surface area contributed by atoms with Crippen molar-refractivity contribution in [1.82, 2.24) is 4.90 Å². The van der Waals surface area contributed by atoms with Crippen LogP contribution >= 0.6 is 0 Å². The Morgan fingerprint density at radius 2 is 1.80 bits per heavy atom. The predicted octanol–water partition coefficient (Wildman–Crippen LogP) is 3.30. The highest BCUT2D eigenvalue weighted by molar-refractivity contribution is 7.91. The zero-order valence-corrected chi connectivity index (χ0v) is 14.4. The minimum absolute atomic E-state index is 0.103. The van der Waals surface area contributed by atoms with E-state index in [-0.39, 0.29) is 28.5 Å². The minimum Gasteiger partial charge on any atom is -0.321 e. The molecule has 5 nitrogen and oxygen atoms in total. The van der Waals surface area contributed by atoms with Gasteiger partial charge in [0.2, 0.25) is 0 Å². The molecular formula is C18H19FN2O3S. The van der Waals surface area contributed by atoms with Crippen molar-refractivity contribution in [3.8, 4) is 0 Å². The molecule has 0 radical (unpaired) electrons. The lowest BCUT2D eigenvalue weighted by atomic mass is 10.2. The highest BCUT2D eigenvalue weighted by atomic mass is 32.2. The Morgan fingerprint density at radius 3 is 2.48 bits per heavy atom. The molecule has 2 aromatic carbocycles. The van der Waals surface area contributed by atoms with Crippen LogP contribution < -0.4 is 5.32 Å². The average Bonchev–Trinajstić information content (AvgIpc) is 3.05. The van der Waals surface area contributed by atoms with Crippen molar-refractivity contribution < 1.29 is 17.6 Å². The molecule has 1 atom stereocenters. The zero-order valence-electron chi connectivity index (χ0n) is 13.6. The maximum atomic E-state index is 12.9. The van der Waals surface area contributed by atoms with Crippen LogP contribution in [0.2, 0.25) is 0 Å². The zero-order chi connectivity index (χ0) is 17.9. The highest BCUT2D eigenvalue weighted by Gasteiger charge is 2.33. The average molecular weight is 362 g/mol. The van der Waals surface area contributed by atoms with E-state index in [1.54, 1.807) is 35.2 Å². The summed E-state index contributed by atoms with van der Waals surface area (Å²) in [7, 11) is -3.46. The Labute approximate surface area is 146 Å². The summed E-state index contributed by atoms with van der Waals surface area (Å²) in [5.41, 5.74) is 0.475. The summed E-state index contributed by atoms with van der Waals surface area (Å²) in [5.74, 6) is -0.487. The number of rotatable bonds is 4. The molecule has 1 aliphatic rings. The van der Waals surface area contributed by atoms with Gasteiger partial charge in [0.25, 0.3) is 0 Å². The lowest BCUT2D eigenvalue weighted by Gasteiger charge is -2.25. The second kappa shape index (κ2) is 7.23. The van der Waals surface area contributed by atoms with Gasteiger partial charge in [-0.1, -0.05) is 18.2 Å². The van der Waals surface area contributed by atoms with E-state index >= 15 is 0 Å². The van der Waals surface area contributed by atoms with Gasteiger partial charge in [0.15, 0.2) is 9.84 Å². The second-order valence-corrected chi connectivity index (χ2v) is 8.06. The summed E-state index contributed by atoms with van der Waals surface area (Å²) in [5, 5.41) is 2.69. The van der Waals surface area contributed by atoms with Crippen molar-refractivity contribution in [3.63, 3.8) is 0 Å². The van der Waals surface area contributed by atoms with E-state index in [1.165, 1.54) is 24.3 Å². The minimum atomic E-state index is -3.46. The molecular weight excluding hydrogens is 343 g/mol. The Hall–Kier alpha value is -2.41. The number of anilines is 1. The van der Waals surface area contributed by atoms with Crippen LogP contribution in [0, 0.1) is 5.82 Å². The first-order chi connectivity index (χ1) is 12.0. The van der Waals surface area contributed by atoms with Gasteiger partial charge in [0.1, 0.15) is 5.82 Å². The lowest BCUT2D eigenvalue weighted by Crippen LogP contribution is -2.42. The quantitative estimate of drug-likeness (QED) is 0.907. The molecule has 25 heavy (non-hydrogen) atoms. The number of hydrogen-bond donors (Lipinski definition) is 1. The van der Waals surface area contributed by atoms with Gasteiger partial charge < -0.3 is 10.2 Å². The van der Waals surface area contributed by atoms with Crippen molar-refractivity contribution in [3.05, 3.63) is 60.4 Å². The SMILES string of the molecule is O=C(Nc1ccc(F)cc1)N1CCCC1CS(=O)(=O)c1ccccc1. The molecule has 1 fully saturated rings. The molecule has 2 amide bonds. The molecule has 1 unspecified atom stereocenters. The maximum Gasteiger partial charge on any atom is 0.322 e. The normalized spacial score (nSPS) is 17.5. The Balaban J connectivity index is 1.70. The Morgan fingerprint density at radius 1 is 1.12 bits per heavy atom. The maximum absolute atomic E-state index is 12.9. The van der Waals surface area contributed by atoms with Crippen molar-refractivity contribution in [1.29, 1.82) is 0 Å². The van der Waals surface area contributed by atoms with Crippen LogP contribution in [0.5, 0.6) is 0 Å². The largest absolute Gasteiger partial charge is 0.322 e. The smallest absolute Gasteiger partial charge is 0.321 e. The number of urea groups is 1. The summed E-state index contributed by atoms with van der Waals surface area (Å²) < 4.78 is 38.0. The fourth-order valence-electron chi connectivity index (χ4n) is 2.98. The van der Waals surface area contributed by atoms with E-state index < -0.39 is 9.84 Å². The van der Waals surface area contributed by atoms with Crippen molar-refractivity contribution >= 4 is 21.6 Å². The first-order valence-electron chi connectivity index (χ1n) is 8.07.